The van der Waals surface area contributed by atoms with Crippen molar-refractivity contribution in [2.24, 2.45) is 0 Å². The van der Waals surface area contributed by atoms with Crippen LogP contribution in [0.4, 0.5) is 17.2 Å². The van der Waals surface area contributed by atoms with Crippen molar-refractivity contribution in [1.82, 2.24) is 9.97 Å². The maximum atomic E-state index is 12.2. The van der Waals surface area contributed by atoms with E-state index in [0.29, 0.717) is 4.60 Å². The normalized spacial score (nSPS) is 10.0. The van der Waals surface area contributed by atoms with Crippen LogP contribution in [0.1, 0.15) is 10.4 Å². The van der Waals surface area contributed by atoms with Crippen LogP contribution < -0.4 is 10.6 Å². The summed E-state index contributed by atoms with van der Waals surface area (Å²) in [4.78, 5) is 30.6. The maximum absolute atomic E-state index is 12.2. The van der Waals surface area contributed by atoms with Gasteiger partial charge < -0.3 is 10.6 Å². The van der Waals surface area contributed by atoms with Crippen LogP contribution in [0.5, 0.6) is 0 Å². The first-order chi connectivity index (χ1) is 10.0. The Hall–Kier alpha value is -2.55. The third-order valence-corrected chi connectivity index (χ3v) is 3.00. The fraction of sp³-hybridized carbons (Fsp3) is 0.0833. The molecule has 0 spiro atoms. The van der Waals surface area contributed by atoms with Gasteiger partial charge in [-0.05, 0) is 28.1 Å². The number of carbonyl (C=O) groups is 1. The second-order valence-electron chi connectivity index (χ2n) is 3.89. The highest BCUT2D eigenvalue weighted by Crippen LogP contribution is 2.28. The van der Waals surface area contributed by atoms with Gasteiger partial charge in [-0.2, -0.15) is 0 Å². The number of halogens is 1. The molecular weight excluding hydrogens is 342 g/mol. The van der Waals surface area contributed by atoms with Crippen molar-refractivity contribution >= 4 is 39.0 Å². The van der Waals surface area contributed by atoms with Crippen LogP contribution in [0.25, 0.3) is 0 Å². The Kier molecular flexibility index (Phi) is 4.43. The highest BCUT2D eigenvalue weighted by molar-refractivity contribution is 9.10. The fourth-order valence-electron chi connectivity index (χ4n) is 1.69. The third-order valence-electron chi connectivity index (χ3n) is 2.59. The van der Waals surface area contributed by atoms with Crippen molar-refractivity contribution in [2.75, 3.05) is 17.7 Å². The summed E-state index contributed by atoms with van der Waals surface area (Å²) in [6, 6.07) is 4.45. The number of aromatic nitrogens is 2. The molecule has 21 heavy (non-hydrogen) atoms. The third kappa shape index (κ3) is 3.31. The minimum absolute atomic E-state index is 0.0587. The molecule has 0 atom stereocenters. The molecule has 2 rings (SSSR count). The molecule has 0 aliphatic heterocycles. The number of nitrogens with one attached hydrogen (secondary N) is 2. The topological polar surface area (TPSA) is 110 Å². The fourth-order valence-corrected chi connectivity index (χ4v) is 1.89. The molecule has 1 aromatic carbocycles. The lowest BCUT2D eigenvalue weighted by atomic mass is 10.1. The van der Waals surface area contributed by atoms with Gasteiger partial charge >= 0.3 is 5.69 Å². The lowest BCUT2D eigenvalue weighted by molar-refractivity contribution is -0.384. The lowest BCUT2D eigenvalue weighted by Crippen LogP contribution is -2.15. The van der Waals surface area contributed by atoms with Gasteiger partial charge in [-0.25, -0.2) is 9.97 Å². The molecule has 0 radical (unpaired) electrons. The van der Waals surface area contributed by atoms with Gasteiger partial charge in [0.2, 0.25) is 0 Å². The van der Waals surface area contributed by atoms with E-state index in [1.165, 1.54) is 24.5 Å². The monoisotopic (exact) mass is 351 g/mol. The molecule has 0 saturated carbocycles. The molecule has 0 unspecified atom stereocenters. The molecule has 0 saturated heterocycles. The number of hydrogen-bond donors (Lipinski definition) is 2. The Balaban J connectivity index is 2.35. The van der Waals surface area contributed by atoms with Crippen molar-refractivity contribution in [3.63, 3.8) is 0 Å². The largest absolute Gasteiger partial charge is 0.383 e. The van der Waals surface area contributed by atoms with E-state index in [4.69, 9.17) is 0 Å². The van der Waals surface area contributed by atoms with Crippen LogP contribution >= 0.6 is 15.9 Å². The molecule has 1 aromatic heterocycles. The van der Waals surface area contributed by atoms with Crippen LogP contribution in [0.2, 0.25) is 0 Å². The first-order valence-electron chi connectivity index (χ1n) is 5.77. The van der Waals surface area contributed by atoms with Crippen LogP contribution in [0.15, 0.2) is 35.2 Å². The number of amides is 1. The van der Waals surface area contributed by atoms with Gasteiger partial charge in [0.1, 0.15) is 15.9 Å². The first kappa shape index (κ1) is 14.9. The van der Waals surface area contributed by atoms with Crippen molar-refractivity contribution < 1.29 is 9.72 Å². The summed E-state index contributed by atoms with van der Waals surface area (Å²) in [5.74, 6) is -0.428. The molecule has 1 heterocycles. The first-order valence-corrected chi connectivity index (χ1v) is 6.56. The summed E-state index contributed by atoms with van der Waals surface area (Å²) in [6.07, 6.45) is 2.75. The van der Waals surface area contributed by atoms with E-state index in [0.717, 1.165) is 0 Å². The Bertz CT molecular complexity index is 690. The van der Waals surface area contributed by atoms with E-state index in [-0.39, 0.29) is 22.8 Å². The number of carbonyl (C=O) groups excluding carboxylic acids is 1. The number of nitro benzene ring substituents is 1. The summed E-state index contributed by atoms with van der Waals surface area (Å²) in [5, 5.41) is 16.3. The molecule has 9 heteroatoms. The quantitative estimate of drug-likeness (QED) is 0.646. The van der Waals surface area contributed by atoms with E-state index in [2.05, 4.69) is 36.5 Å². The number of rotatable bonds is 4. The number of hydrogen-bond acceptors (Lipinski definition) is 6. The number of nitro groups is 1. The Morgan fingerprint density at radius 3 is 2.67 bits per heavy atom. The number of para-hydroxylation sites is 1. The molecule has 2 aromatic rings. The standard InChI is InChI=1S/C12H10BrN5O3/c1-14-8-4-2-3-7(11(8)18(20)21)12(19)17-10-6-15-9(13)5-16-10/h2-6,14H,1H3,(H,16,17,19). The second kappa shape index (κ2) is 6.27. The van der Waals surface area contributed by atoms with Gasteiger partial charge in [0.15, 0.2) is 5.82 Å². The zero-order valence-electron chi connectivity index (χ0n) is 10.8. The van der Waals surface area contributed by atoms with Gasteiger partial charge in [0, 0.05) is 7.05 Å². The van der Waals surface area contributed by atoms with Gasteiger partial charge in [0.25, 0.3) is 5.91 Å². The molecule has 0 bridgehead atoms. The summed E-state index contributed by atoms with van der Waals surface area (Å²) in [7, 11) is 1.55. The van der Waals surface area contributed by atoms with Crippen LogP contribution in [-0.4, -0.2) is 27.8 Å². The summed E-state index contributed by atoms with van der Waals surface area (Å²) >= 11 is 3.12. The molecule has 2 N–H and O–H groups in total. The van der Waals surface area contributed by atoms with Gasteiger partial charge in [0.05, 0.1) is 17.3 Å². The predicted octanol–water partition coefficient (Wildman–Crippen LogP) is 2.44. The van der Waals surface area contributed by atoms with Crippen molar-refractivity contribution in [3.8, 4) is 0 Å². The number of anilines is 2. The highest BCUT2D eigenvalue weighted by Gasteiger charge is 2.24. The molecule has 1 amide bonds. The average molecular weight is 352 g/mol. The smallest absolute Gasteiger partial charge is 0.305 e. The molecular formula is C12H10BrN5O3. The van der Waals surface area contributed by atoms with Crippen LogP contribution in [0, 0.1) is 10.1 Å². The van der Waals surface area contributed by atoms with Crippen molar-refractivity contribution in [1.29, 1.82) is 0 Å². The van der Waals surface area contributed by atoms with Gasteiger partial charge in [-0.3, -0.25) is 14.9 Å². The van der Waals surface area contributed by atoms with Gasteiger partial charge in [-0.1, -0.05) is 6.07 Å². The summed E-state index contributed by atoms with van der Waals surface area (Å²) in [5.41, 5.74) is -0.0892. The zero-order chi connectivity index (χ0) is 15.4. The van der Waals surface area contributed by atoms with E-state index in [1.807, 2.05) is 0 Å². The van der Waals surface area contributed by atoms with E-state index in [1.54, 1.807) is 13.1 Å². The van der Waals surface area contributed by atoms with Crippen LogP contribution in [0.3, 0.4) is 0 Å². The second-order valence-corrected chi connectivity index (χ2v) is 4.70. The minimum atomic E-state index is -0.629. The molecule has 8 nitrogen and oxygen atoms in total. The average Bonchev–Trinajstić information content (AvgIpc) is 2.48. The maximum Gasteiger partial charge on any atom is 0.305 e. The zero-order valence-corrected chi connectivity index (χ0v) is 12.4. The van der Waals surface area contributed by atoms with Gasteiger partial charge in [-0.15, -0.1) is 0 Å². The van der Waals surface area contributed by atoms with Crippen molar-refractivity contribution in [2.45, 2.75) is 0 Å². The molecule has 0 aliphatic carbocycles. The molecule has 0 aliphatic rings. The number of benzene rings is 1. The summed E-state index contributed by atoms with van der Waals surface area (Å²) < 4.78 is 0.517. The minimum Gasteiger partial charge on any atom is -0.383 e. The van der Waals surface area contributed by atoms with E-state index >= 15 is 0 Å². The van der Waals surface area contributed by atoms with E-state index < -0.39 is 10.8 Å². The Morgan fingerprint density at radius 2 is 2.10 bits per heavy atom. The Morgan fingerprint density at radius 1 is 1.33 bits per heavy atom. The van der Waals surface area contributed by atoms with E-state index in [9.17, 15) is 14.9 Å². The molecule has 0 fully saturated rings. The van der Waals surface area contributed by atoms with Crippen molar-refractivity contribution in [3.05, 3.63) is 50.9 Å². The number of nitrogens with zero attached hydrogens (tertiary/aromatic N) is 3. The predicted molar refractivity (Wildman–Crippen MR) is 80.3 cm³/mol. The SMILES string of the molecule is CNc1cccc(C(=O)Nc2cnc(Br)cn2)c1[N+](=O)[O-]. The Labute approximate surface area is 127 Å². The molecule has 108 valence electrons. The summed E-state index contributed by atoms with van der Waals surface area (Å²) in [6.45, 7) is 0. The van der Waals surface area contributed by atoms with Crippen LogP contribution in [-0.2, 0) is 0 Å². The lowest BCUT2D eigenvalue weighted by Gasteiger charge is -2.07. The highest BCUT2D eigenvalue weighted by atomic mass is 79.9.